The SMILES string of the molecule is CCOC(=O)c1ccc(N2CCN(C(=O)Cc3coc4c(C)c(C)ccc34)CC2)nc1. The van der Waals surface area contributed by atoms with Gasteiger partial charge in [0.05, 0.1) is 24.9 Å². The highest BCUT2D eigenvalue weighted by Gasteiger charge is 2.23. The first-order valence-electron chi connectivity index (χ1n) is 10.6. The minimum Gasteiger partial charge on any atom is -0.464 e. The molecular formula is C24H27N3O4. The third kappa shape index (κ3) is 4.26. The Kier molecular flexibility index (Phi) is 5.93. The van der Waals surface area contributed by atoms with Gasteiger partial charge in [-0.15, -0.1) is 0 Å². The van der Waals surface area contributed by atoms with E-state index in [2.05, 4.69) is 22.9 Å². The van der Waals surface area contributed by atoms with Crippen LogP contribution in [0.3, 0.4) is 0 Å². The maximum absolute atomic E-state index is 12.9. The number of benzene rings is 1. The Balaban J connectivity index is 1.36. The van der Waals surface area contributed by atoms with E-state index in [1.165, 1.54) is 5.56 Å². The lowest BCUT2D eigenvalue weighted by molar-refractivity contribution is -0.130. The van der Waals surface area contributed by atoms with Crippen molar-refractivity contribution < 1.29 is 18.7 Å². The molecule has 0 radical (unpaired) electrons. The van der Waals surface area contributed by atoms with Gasteiger partial charge in [-0.3, -0.25) is 4.79 Å². The van der Waals surface area contributed by atoms with Crippen molar-refractivity contribution in [2.75, 3.05) is 37.7 Å². The number of pyridine rings is 1. The van der Waals surface area contributed by atoms with Crippen LogP contribution in [0.5, 0.6) is 0 Å². The summed E-state index contributed by atoms with van der Waals surface area (Å²) in [6.45, 7) is 8.87. The molecular weight excluding hydrogens is 394 g/mol. The van der Waals surface area contributed by atoms with Crippen molar-refractivity contribution in [3.05, 3.63) is 59.0 Å². The summed E-state index contributed by atoms with van der Waals surface area (Å²) in [6.07, 6.45) is 3.58. The molecule has 3 aromatic rings. The highest BCUT2D eigenvalue weighted by atomic mass is 16.5. The number of carbonyl (C=O) groups is 2. The summed E-state index contributed by atoms with van der Waals surface area (Å²) < 4.78 is 10.7. The van der Waals surface area contributed by atoms with Crippen LogP contribution >= 0.6 is 0 Å². The molecule has 7 nitrogen and oxygen atoms in total. The second kappa shape index (κ2) is 8.79. The van der Waals surface area contributed by atoms with E-state index < -0.39 is 0 Å². The fraction of sp³-hybridized carbons (Fsp3) is 0.375. The number of nitrogens with zero attached hydrogens (tertiary/aromatic N) is 3. The van der Waals surface area contributed by atoms with Crippen LogP contribution in [0.15, 0.2) is 41.1 Å². The minimum atomic E-state index is -0.367. The first-order chi connectivity index (χ1) is 15.0. The molecule has 1 aliphatic heterocycles. The van der Waals surface area contributed by atoms with E-state index in [1.807, 2.05) is 24.0 Å². The quantitative estimate of drug-likeness (QED) is 0.587. The lowest BCUT2D eigenvalue weighted by Crippen LogP contribution is -2.49. The number of anilines is 1. The molecule has 2 aromatic heterocycles. The van der Waals surface area contributed by atoms with Crippen LogP contribution in [0.2, 0.25) is 0 Å². The predicted octanol–water partition coefficient (Wildman–Crippen LogP) is 3.51. The fourth-order valence-electron chi connectivity index (χ4n) is 3.89. The molecule has 4 rings (SSSR count). The van der Waals surface area contributed by atoms with Gasteiger partial charge in [-0.05, 0) is 44.0 Å². The molecule has 7 heteroatoms. The van der Waals surface area contributed by atoms with Crippen LogP contribution in [0, 0.1) is 13.8 Å². The maximum atomic E-state index is 12.9. The summed E-state index contributed by atoms with van der Waals surface area (Å²) >= 11 is 0. The van der Waals surface area contributed by atoms with E-state index in [0.717, 1.165) is 27.9 Å². The second-order valence-corrected chi connectivity index (χ2v) is 7.82. The molecule has 1 amide bonds. The van der Waals surface area contributed by atoms with Gasteiger partial charge in [-0.1, -0.05) is 12.1 Å². The van der Waals surface area contributed by atoms with Crippen LogP contribution in [-0.4, -0.2) is 54.5 Å². The largest absolute Gasteiger partial charge is 0.464 e. The number of hydrogen-bond acceptors (Lipinski definition) is 6. The predicted molar refractivity (Wildman–Crippen MR) is 118 cm³/mol. The van der Waals surface area contributed by atoms with E-state index in [-0.39, 0.29) is 11.9 Å². The Labute approximate surface area is 181 Å². The lowest BCUT2D eigenvalue weighted by Gasteiger charge is -2.35. The number of furan rings is 1. The maximum Gasteiger partial charge on any atom is 0.339 e. The molecule has 0 unspecified atom stereocenters. The molecule has 1 aliphatic rings. The van der Waals surface area contributed by atoms with Gasteiger partial charge in [0.2, 0.25) is 5.91 Å². The van der Waals surface area contributed by atoms with Gasteiger partial charge in [0.25, 0.3) is 0 Å². The van der Waals surface area contributed by atoms with E-state index in [4.69, 9.17) is 9.15 Å². The fourth-order valence-corrected chi connectivity index (χ4v) is 3.89. The number of carbonyl (C=O) groups excluding carboxylic acids is 2. The third-order valence-corrected chi connectivity index (χ3v) is 5.90. The zero-order chi connectivity index (χ0) is 22.0. The summed E-state index contributed by atoms with van der Waals surface area (Å²) in [6, 6.07) is 7.66. The van der Waals surface area contributed by atoms with Gasteiger partial charge in [-0.2, -0.15) is 0 Å². The molecule has 0 atom stereocenters. The monoisotopic (exact) mass is 421 g/mol. The first kappa shape index (κ1) is 20.9. The standard InChI is InChI=1S/C24H27N3O4/c1-4-30-24(29)18-6-8-21(25-14-18)26-9-11-27(12-10-26)22(28)13-19-15-31-23-17(3)16(2)5-7-20(19)23/h5-8,14-15H,4,9-13H2,1-3H3. The van der Waals surface area contributed by atoms with Crippen LogP contribution < -0.4 is 4.90 Å². The van der Waals surface area contributed by atoms with Crippen molar-refractivity contribution in [3.63, 3.8) is 0 Å². The van der Waals surface area contributed by atoms with Crippen LogP contribution in [0.4, 0.5) is 5.82 Å². The van der Waals surface area contributed by atoms with Crippen LogP contribution in [0.25, 0.3) is 11.0 Å². The summed E-state index contributed by atoms with van der Waals surface area (Å²) in [5, 5.41) is 1.01. The number of piperazine rings is 1. The number of fused-ring (bicyclic) bond motifs is 1. The van der Waals surface area contributed by atoms with Gasteiger partial charge >= 0.3 is 5.97 Å². The Morgan fingerprint density at radius 2 is 1.87 bits per heavy atom. The number of hydrogen-bond donors (Lipinski definition) is 0. The molecule has 31 heavy (non-hydrogen) atoms. The summed E-state index contributed by atoms with van der Waals surface area (Å²) in [7, 11) is 0. The smallest absolute Gasteiger partial charge is 0.339 e. The van der Waals surface area contributed by atoms with Crippen LogP contribution in [-0.2, 0) is 16.0 Å². The summed E-state index contributed by atoms with van der Waals surface area (Å²) in [4.78, 5) is 33.1. The van der Waals surface area contributed by atoms with Crippen molar-refractivity contribution >= 4 is 28.7 Å². The normalized spacial score (nSPS) is 14.2. The molecule has 0 bridgehead atoms. The number of rotatable bonds is 5. The Bertz CT molecular complexity index is 1100. The zero-order valence-electron chi connectivity index (χ0n) is 18.2. The van der Waals surface area contributed by atoms with E-state index in [9.17, 15) is 9.59 Å². The van der Waals surface area contributed by atoms with Gasteiger partial charge in [-0.25, -0.2) is 9.78 Å². The highest BCUT2D eigenvalue weighted by Crippen LogP contribution is 2.27. The second-order valence-electron chi connectivity index (χ2n) is 7.82. The molecule has 1 fully saturated rings. The van der Waals surface area contributed by atoms with E-state index >= 15 is 0 Å². The third-order valence-electron chi connectivity index (χ3n) is 5.90. The molecule has 1 saturated heterocycles. The average Bonchev–Trinajstić information content (AvgIpc) is 3.20. The Morgan fingerprint density at radius 1 is 1.10 bits per heavy atom. The van der Waals surface area contributed by atoms with E-state index in [1.54, 1.807) is 25.5 Å². The molecule has 3 heterocycles. The van der Waals surface area contributed by atoms with Crippen molar-refractivity contribution in [3.8, 4) is 0 Å². The molecule has 0 spiro atoms. The first-order valence-corrected chi connectivity index (χ1v) is 10.6. The van der Waals surface area contributed by atoms with Crippen molar-refractivity contribution in [1.29, 1.82) is 0 Å². The molecule has 0 saturated carbocycles. The highest BCUT2D eigenvalue weighted by molar-refractivity contribution is 5.90. The number of ether oxygens (including phenoxy) is 1. The van der Waals surface area contributed by atoms with Crippen molar-refractivity contribution in [2.24, 2.45) is 0 Å². The average molecular weight is 421 g/mol. The van der Waals surface area contributed by atoms with Crippen molar-refractivity contribution in [1.82, 2.24) is 9.88 Å². The topological polar surface area (TPSA) is 75.9 Å². The van der Waals surface area contributed by atoms with Gasteiger partial charge < -0.3 is 19.0 Å². The Hall–Kier alpha value is -3.35. The molecule has 0 N–H and O–H groups in total. The zero-order valence-corrected chi connectivity index (χ0v) is 18.2. The number of aryl methyl sites for hydroxylation is 2. The van der Waals surface area contributed by atoms with Gasteiger partial charge in [0.1, 0.15) is 11.4 Å². The number of aromatic nitrogens is 1. The lowest BCUT2D eigenvalue weighted by atomic mass is 10.0. The van der Waals surface area contributed by atoms with Crippen molar-refractivity contribution in [2.45, 2.75) is 27.2 Å². The molecule has 1 aromatic carbocycles. The summed E-state index contributed by atoms with van der Waals surface area (Å²) in [5.74, 6) is 0.534. The van der Waals surface area contributed by atoms with Gasteiger partial charge in [0.15, 0.2) is 0 Å². The van der Waals surface area contributed by atoms with E-state index in [0.29, 0.717) is 44.8 Å². The van der Waals surface area contributed by atoms with Crippen LogP contribution in [0.1, 0.15) is 34.0 Å². The molecule has 0 aliphatic carbocycles. The molecule has 162 valence electrons. The number of esters is 1. The minimum absolute atomic E-state index is 0.103. The summed E-state index contributed by atoms with van der Waals surface area (Å²) in [5.41, 5.74) is 4.54. The number of amides is 1. The van der Waals surface area contributed by atoms with Gasteiger partial charge in [0, 0.05) is 43.3 Å². The Morgan fingerprint density at radius 3 is 2.55 bits per heavy atom.